The summed E-state index contributed by atoms with van der Waals surface area (Å²) in [5, 5.41) is 3.67. The van der Waals surface area contributed by atoms with Crippen LogP contribution in [0.2, 0.25) is 0 Å². The summed E-state index contributed by atoms with van der Waals surface area (Å²) in [7, 11) is 2.31. The molecule has 2 nitrogen and oxygen atoms in total. The van der Waals surface area contributed by atoms with Crippen LogP contribution in [-0.2, 0) is 0 Å². The summed E-state index contributed by atoms with van der Waals surface area (Å²) < 4.78 is 0. The van der Waals surface area contributed by atoms with E-state index >= 15 is 0 Å². The molecule has 1 aliphatic carbocycles. The van der Waals surface area contributed by atoms with E-state index in [1.165, 1.54) is 45.2 Å². The summed E-state index contributed by atoms with van der Waals surface area (Å²) in [6.07, 6.45) is 7.24. The Morgan fingerprint density at radius 2 is 2.15 bits per heavy atom. The summed E-state index contributed by atoms with van der Waals surface area (Å²) in [6, 6.07) is 0.904. The zero-order valence-corrected chi connectivity index (χ0v) is 8.55. The summed E-state index contributed by atoms with van der Waals surface area (Å²) >= 11 is 0. The van der Waals surface area contributed by atoms with Gasteiger partial charge in [-0.15, -0.1) is 0 Å². The molecule has 2 saturated heterocycles. The van der Waals surface area contributed by atoms with Crippen LogP contribution in [0.15, 0.2) is 0 Å². The molecular weight excluding hydrogens is 160 g/mol. The average Bonchev–Trinajstić information content (AvgIpc) is 2.45. The first-order valence-corrected chi connectivity index (χ1v) is 5.74. The Hall–Kier alpha value is -0.0800. The molecule has 3 atom stereocenters. The molecule has 0 aromatic heterocycles. The molecule has 3 rings (SSSR count). The number of nitrogens with zero attached hydrogens (tertiary/aromatic N) is 1. The van der Waals surface area contributed by atoms with E-state index in [-0.39, 0.29) is 0 Å². The molecule has 2 heterocycles. The maximum atomic E-state index is 3.67. The van der Waals surface area contributed by atoms with Gasteiger partial charge in [-0.3, -0.25) is 0 Å². The van der Waals surface area contributed by atoms with Crippen LogP contribution in [0.3, 0.4) is 0 Å². The molecule has 0 amide bonds. The predicted octanol–water partition coefficient (Wildman–Crippen LogP) is 1.22. The Morgan fingerprint density at radius 1 is 1.31 bits per heavy atom. The van der Waals surface area contributed by atoms with Crippen molar-refractivity contribution in [1.82, 2.24) is 10.2 Å². The first kappa shape index (κ1) is 8.25. The predicted molar refractivity (Wildman–Crippen MR) is 53.7 cm³/mol. The third kappa shape index (κ3) is 1.15. The highest BCUT2D eigenvalue weighted by Gasteiger charge is 2.47. The van der Waals surface area contributed by atoms with Crippen molar-refractivity contribution < 1.29 is 0 Å². The summed E-state index contributed by atoms with van der Waals surface area (Å²) in [5.74, 6) is 1.03. The van der Waals surface area contributed by atoms with E-state index in [1.54, 1.807) is 0 Å². The quantitative estimate of drug-likeness (QED) is 0.603. The molecule has 0 aromatic carbocycles. The van der Waals surface area contributed by atoms with Gasteiger partial charge in [-0.25, -0.2) is 0 Å². The number of nitrogens with one attached hydrogen (secondary N) is 1. The topological polar surface area (TPSA) is 15.3 Å². The van der Waals surface area contributed by atoms with Gasteiger partial charge in [0.05, 0.1) is 0 Å². The van der Waals surface area contributed by atoms with Crippen molar-refractivity contribution in [2.24, 2.45) is 5.92 Å². The van der Waals surface area contributed by atoms with Crippen LogP contribution in [0.4, 0.5) is 0 Å². The second-order valence-electron chi connectivity index (χ2n) is 5.30. The Balaban J connectivity index is 1.75. The largest absolute Gasteiger partial charge is 0.311 e. The van der Waals surface area contributed by atoms with Gasteiger partial charge in [-0.1, -0.05) is 0 Å². The molecule has 3 aliphatic rings. The maximum Gasteiger partial charge on any atom is 0.0208 e. The molecule has 1 saturated carbocycles. The molecule has 0 aromatic rings. The van der Waals surface area contributed by atoms with E-state index in [0.717, 1.165) is 12.0 Å². The molecule has 0 radical (unpaired) electrons. The first-order valence-electron chi connectivity index (χ1n) is 5.74. The zero-order valence-electron chi connectivity index (χ0n) is 8.55. The van der Waals surface area contributed by atoms with E-state index in [1.807, 2.05) is 0 Å². The molecule has 2 unspecified atom stereocenters. The summed E-state index contributed by atoms with van der Waals surface area (Å²) in [6.45, 7) is 2.60. The SMILES string of the molecule is CN1CCC2CCC3(CCN3)C[C@@H]21. The van der Waals surface area contributed by atoms with Gasteiger partial charge in [0.2, 0.25) is 0 Å². The maximum absolute atomic E-state index is 3.67. The molecular formula is C11H20N2. The summed E-state index contributed by atoms with van der Waals surface area (Å²) in [4.78, 5) is 2.59. The number of hydrogen-bond acceptors (Lipinski definition) is 2. The van der Waals surface area contributed by atoms with E-state index in [2.05, 4.69) is 17.3 Å². The smallest absolute Gasteiger partial charge is 0.0208 e. The minimum atomic E-state index is 0.583. The van der Waals surface area contributed by atoms with Gasteiger partial charge in [-0.05, 0) is 58.2 Å². The lowest BCUT2D eigenvalue weighted by Crippen LogP contribution is -2.61. The van der Waals surface area contributed by atoms with Crippen molar-refractivity contribution in [3.05, 3.63) is 0 Å². The van der Waals surface area contributed by atoms with Crippen LogP contribution in [0.1, 0.15) is 32.1 Å². The Kier molecular flexibility index (Phi) is 1.72. The first-order chi connectivity index (χ1) is 6.29. The zero-order chi connectivity index (χ0) is 8.89. The van der Waals surface area contributed by atoms with Gasteiger partial charge in [0.25, 0.3) is 0 Å². The number of hydrogen-bond donors (Lipinski definition) is 1. The number of likely N-dealkylation sites (tertiary alicyclic amines) is 1. The molecule has 3 fully saturated rings. The molecule has 2 aliphatic heterocycles. The lowest BCUT2D eigenvalue weighted by Gasteiger charge is -2.50. The van der Waals surface area contributed by atoms with Crippen LogP contribution in [0, 0.1) is 5.92 Å². The fraction of sp³-hybridized carbons (Fsp3) is 1.00. The highest BCUT2D eigenvalue weighted by atomic mass is 15.2. The van der Waals surface area contributed by atoms with Crippen LogP contribution >= 0.6 is 0 Å². The van der Waals surface area contributed by atoms with Crippen molar-refractivity contribution >= 4 is 0 Å². The monoisotopic (exact) mass is 180 g/mol. The molecule has 1 spiro atoms. The second-order valence-corrected chi connectivity index (χ2v) is 5.30. The standard InChI is InChI=1S/C11H20N2/c1-13-7-3-9-2-4-11(5-6-12-11)8-10(9)13/h9-10,12H,2-8H2,1H3/t9?,10-,11?/m0/s1. The Morgan fingerprint density at radius 3 is 2.85 bits per heavy atom. The molecule has 1 N–H and O–H groups in total. The number of fused-ring (bicyclic) bond motifs is 1. The van der Waals surface area contributed by atoms with Crippen LogP contribution in [0.25, 0.3) is 0 Å². The van der Waals surface area contributed by atoms with Gasteiger partial charge in [0.1, 0.15) is 0 Å². The minimum absolute atomic E-state index is 0.583. The van der Waals surface area contributed by atoms with Gasteiger partial charge < -0.3 is 10.2 Å². The lowest BCUT2D eigenvalue weighted by molar-refractivity contribution is 0.0724. The third-order valence-corrected chi connectivity index (χ3v) is 4.66. The third-order valence-electron chi connectivity index (χ3n) is 4.66. The minimum Gasteiger partial charge on any atom is -0.311 e. The highest BCUT2D eigenvalue weighted by molar-refractivity contribution is 5.06. The second kappa shape index (κ2) is 2.71. The Labute approximate surface area is 80.7 Å². The van der Waals surface area contributed by atoms with Crippen LogP contribution in [-0.4, -0.2) is 36.6 Å². The Bertz CT molecular complexity index is 210. The van der Waals surface area contributed by atoms with E-state index < -0.39 is 0 Å². The van der Waals surface area contributed by atoms with Crippen molar-refractivity contribution in [3.63, 3.8) is 0 Å². The molecule has 13 heavy (non-hydrogen) atoms. The van der Waals surface area contributed by atoms with Gasteiger partial charge in [0.15, 0.2) is 0 Å². The summed E-state index contributed by atoms with van der Waals surface area (Å²) in [5.41, 5.74) is 0.583. The van der Waals surface area contributed by atoms with Crippen molar-refractivity contribution in [1.29, 1.82) is 0 Å². The van der Waals surface area contributed by atoms with E-state index in [9.17, 15) is 0 Å². The van der Waals surface area contributed by atoms with Gasteiger partial charge >= 0.3 is 0 Å². The normalized spacial score (nSPS) is 50.5. The fourth-order valence-electron chi connectivity index (χ4n) is 3.58. The molecule has 74 valence electrons. The van der Waals surface area contributed by atoms with Crippen LogP contribution < -0.4 is 5.32 Å². The number of rotatable bonds is 0. The van der Waals surface area contributed by atoms with Gasteiger partial charge in [0, 0.05) is 11.6 Å². The van der Waals surface area contributed by atoms with Crippen molar-refractivity contribution in [3.8, 4) is 0 Å². The van der Waals surface area contributed by atoms with E-state index in [4.69, 9.17) is 0 Å². The average molecular weight is 180 g/mol. The fourth-order valence-corrected chi connectivity index (χ4v) is 3.58. The van der Waals surface area contributed by atoms with Gasteiger partial charge in [-0.2, -0.15) is 0 Å². The molecule has 2 heteroatoms. The van der Waals surface area contributed by atoms with Crippen LogP contribution in [0.5, 0.6) is 0 Å². The lowest BCUT2D eigenvalue weighted by atomic mass is 9.69. The molecule has 0 bridgehead atoms. The van der Waals surface area contributed by atoms with E-state index in [0.29, 0.717) is 5.54 Å². The highest BCUT2D eigenvalue weighted by Crippen LogP contribution is 2.43. The van der Waals surface area contributed by atoms with Crippen molar-refractivity contribution in [2.45, 2.75) is 43.7 Å². The van der Waals surface area contributed by atoms with Crippen molar-refractivity contribution in [2.75, 3.05) is 20.1 Å².